The lowest BCUT2D eigenvalue weighted by atomic mass is 9.82. The summed E-state index contributed by atoms with van der Waals surface area (Å²) in [4.78, 5) is 4.55. The second-order valence-corrected chi connectivity index (χ2v) is 4.97. The fourth-order valence-corrected chi connectivity index (χ4v) is 2.21. The van der Waals surface area contributed by atoms with Gasteiger partial charge in [0.05, 0.1) is 5.41 Å². The van der Waals surface area contributed by atoms with Crippen LogP contribution in [0.3, 0.4) is 0 Å². The lowest BCUT2D eigenvalue weighted by molar-refractivity contribution is 0.266. The Morgan fingerprint density at radius 3 is 2.50 bits per heavy atom. The van der Waals surface area contributed by atoms with Crippen molar-refractivity contribution in [1.82, 2.24) is 10.1 Å². The van der Waals surface area contributed by atoms with Gasteiger partial charge in [-0.25, -0.2) is 0 Å². The fraction of sp³-hybridized carbons (Fsp3) is 0.833. The van der Waals surface area contributed by atoms with Crippen molar-refractivity contribution in [2.45, 2.75) is 51.4 Å². The van der Waals surface area contributed by atoms with Crippen LogP contribution in [-0.2, 0) is 5.41 Å². The maximum Gasteiger partial charge on any atom is 0.234 e. The first-order chi connectivity index (χ1) is 7.66. The van der Waals surface area contributed by atoms with Gasteiger partial charge in [0.2, 0.25) is 5.89 Å². The highest BCUT2D eigenvalue weighted by Crippen LogP contribution is 2.46. The van der Waals surface area contributed by atoms with Crippen LogP contribution in [0.15, 0.2) is 4.52 Å². The van der Waals surface area contributed by atoms with E-state index < -0.39 is 0 Å². The van der Waals surface area contributed by atoms with Crippen molar-refractivity contribution in [2.75, 3.05) is 6.54 Å². The quantitative estimate of drug-likeness (QED) is 0.831. The Kier molecular flexibility index (Phi) is 3.02. The first kappa shape index (κ1) is 11.6. The van der Waals surface area contributed by atoms with E-state index in [-0.39, 0.29) is 5.41 Å². The number of nitrogens with two attached hydrogens (primary N) is 1. The second kappa shape index (κ2) is 4.17. The number of hydrogen-bond donors (Lipinski definition) is 1. The summed E-state index contributed by atoms with van der Waals surface area (Å²) < 4.78 is 5.41. The molecule has 0 bridgehead atoms. The summed E-state index contributed by atoms with van der Waals surface area (Å²) in [5.74, 6) is 2.83. The molecule has 0 aliphatic heterocycles. The topological polar surface area (TPSA) is 64.9 Å². The summed E-state index contributed by atoms with van der Waals surface area (Å²) in [6.07, 6.45) is 3.08. The molecule has 1 aromatic heterocycles. The normalized spacial score (nSPS) is 24.8. The van der Waals surface area contributed by atoms with Crippen LogP contribution in [0, 0.1) is 5.92 Å². The predicted molar refractivity (Wildman–Crippen MR) is 62.1 cm³/mol. The summed E-state index contributed by atoms with van der Waals surface area (Å²) in [6, 6.07) is 0. The van der Waals surface area contributed by atoms with Crippen LogP contribution in [0.5, 0.6) is 0 Å². The van der Waals surface area contributed by atoms with Gasteiger partial charge in [-0.05, 0) is 25.2 Å². The highest BCUT2D eigenvalue weighted by Gasteiger charge is 2.40. The molecule has 1 heterocycles. The first-order valence-corrected chi connectivity index (χ1v) is 6.21. The highest BCUT2D eigenvalue weighted by molar-refractivity contribution is 5.12. The molecule has 1 aromatic rings. The minimum Gasteiger partial charge on any atom is -0.339 e. The van der Waals surface area contributed by atoms with Gasteiger partial charge in [0.1, 0.15) is 0 Å². The van der Waals surface area contributed by atoms with Crippen LogP contribution in [0.25, 0.3) is 0 Å². The first-order valence-electron chi connectivity index (χ1n) is 6.21. The molecule has 1 aliphatic carbocycles. The van der Waals surface area contributed by atoms with Crippen LogP contribution in [0.2, 0.25) is 0 Å². The molecule has 0 saturated heterocycles. The Bertz CT molecular complexity index is 349. The molecule has 0 amide bonds. The van der Waals surface area contributed by atoms with E-state index in [0.717, 1.165) is 24.6 Å². The van der Waals surface area contributed by atoms with E-state index in [2.05, 4.69) is 30.9 Å². The molecule has 90 valence electrons. The predicted octanol–water partition coefficient (Wildman–Crippen LogP) is 2.21. The molecule has 2 N–H and O–H groups in total. The van der Waals surface area contributed by atoms with Gasteiger partial charge in [0.25, 0.3) is 0 Å². The Balaban J connectivity index is 2.22. The molecule has 2 atom stereocenters. The van der Waals surface area contributed by atoms with E-state index in [4.69, 9.17) is 10.3 Å². The van der Waals surface area contributed by atoms with Crippen LogP contribution in [0.1, 0.15) is 57.7 Å². The summed E-state index contributed by atoms with van der Waals surface area (Å²) in [5, 5.41) is 4.10. The van der Waals surface area contributed by atoms with Gasteiger partial charge in [0.15, 0.2) is 5.82 Å². The Hall–Kier alpha value is -0.900. The maximum absolute atomic E-state index is 5.86. The van der Waals surface area contributed by atoms with E-state index in [0.29, 0.717) is 18.4 Å². The molecular weight excluding hydrogens is 202 g/mol. The SMILES string of the molecule is CCC(CC)(CN)c1nc(C2CC2C)no1. The summed E-state index contributed by atoms with van der Waals surface area (Å²) in [6.45, 7) is 7.04. The van der Waals surface area contributed by atoms with Crippen LogP contribution < -0.4 is 5.73 Å². The highest BCUT2D eigenvalue weighted by atomic mass is 16.5. The van der Waals surface area contributed by atoms with Gasteiger partial charge in [-0.15, -0.1) is 0 Å². The number of hydrogen-bond acceptors (Lipinski definition) is 4. The third-order valence-electron chi connectivity index (χ3n) is 4.08. The number of aromatic nitrogens is 2. The van der Waals surface area contributed by atoms with Crippen molar-refractivity contribution in [3.8, 4) is 0 Å². The molecule has 0 spiro atoms. The second-order valence-electron chi connectivity index (χ2n) is 4.97. The van der Waals surface area contributed by atoms with E-state index in [9.17, 15) is 0 Å². The van der Waals surface area contributed by atoms with E-state index >= 15 is 0 Å². The number of rotatable bonds is 5. The lowest BCUT2D eigenvalue weighted by Crippen LogP contribution is -2.34. The van der Waals surface area contributed by atoms with Gasteiger partial charge in [-0.2, -0.15) is 4.98 Å². The molecule has 2 unspecified atom stereocenters. The van der Waals surface area contributed by atoms with E-state index in [1.54, 1.807) is 0 Å². The summed E-state index contributed by atoms with van der Waals surface area (Å²) >= 11 is 0. The van der Waals surface area contributed by atoms with Crippen molar-refractivity contribution in [3.63, 3.8) is 0 Å². The Morgan fingerprint density at radius 2 is 2.06 bits per heavy atom. The van der Waals surface area contributed by atoms with Crippen LogP contribution in [-0.4, -0.2) is 16.7 Å². The minimum atomic E-state index is -0.122. The monoisotopic (exact) mass is 223 g/mol. The molecule has 2 rings (SSSR count). The van der Waals surface area contributed by atoms with Crippen molar-refractivity contribution in [3.05, 3.63) is 11.7 Å². The standard InChI is InChI=1S/C12H21N3O/c1-4-12(5-2,7-13)11-14-10(15-16-11)9-6-8(9)3/h8-9H,4-7,13H2,1-3H3. The van der Waals surface area contributed by atoms with Crippen LogP contribution in [0.4, 0.5) is 0 Å². The van der Waals surface area contributed by atoms with Gasteiger partial charge in [0, 0.05) is 12.5 Å². The summed E-state index contributed by atoms with van der Waals surface area (Å²) in [7, 11) is 0. The molecular formula is C12H21N3O. The Morgan fingerprint density at radius 1 is 1.44 bits per heavy atom. The molecule has 0 radical (unpaired) electrons. The van der Waals surface area contributed by atoms with Crippen molar-refractivity contribution in [1.29, 1.82) is 0 Å². The van der Waals surface area contributed by atoms with Crippen LogP contribution >= 0.6 is 0 Å². The van der Waals surface area contributed by atoms with Gasteiger partial charge in [-0.3, -0.25) is 0 Å². The number of nitrogens with zero attached hydrogens (tertiary/aromatic N) is 2. The van der Waals surface area contributed by atoms with Gasteiger partial charge >= 0.3 is 0 Å². The van der Waals surface area contributed by atoms with Gasteiger partial charge in [-0.1, -0.05) is 25.9 Å². The third-order valence-corrected chi connectivity index (χ3v) is 4.08. The fourth-order valence-electron chi connectivity index (χ4n) is 2.21. The largest absolute Gasteiger partial charge is 0.339 e. The minimum absolute atomic E-state index is 0.122. The third kappa shape index (κ3) is 1.75. The van der Waals surface area contributed by atoms with Crippen molar-refractivity contribution < 1.29 is 4.52 Å². The van der Waals surface area contributed by atoms with Crippen molar-refractivity contribution >= 4 is 0 Å². The average Bonchev–Trinajstić information content (AvgIpc) is 2.84. The molecule has 1 aliphatic rings. The van der Waals surface area contributed by atoms with Crippen molar-refractivity contribution in [2.24, 2.45) is 11.7 Å². The zero-order valence-electron chi connectivity index (χ0n) is 10.4. The summed E-state index contributed by atoms with van der Waals surface area (Å²) in [5.41, 5.74) is 5.74. The molecule has 1 saturated carbocycles. The zero-order valence-corrected chi connectivity index (χ0v) is 10.4. The van der Waals surface area contributed by atoms with E-state index in [1.165, 1.54) is 6.42 Å². The molecule has 16 heavy (non-hydrogen) atoms. The molecule has 1 fully saturated rings. The molecule has 4 heteroatoms. The maximum atomic E-state index is 5.86. The lowest BCUT2D eigenvalue weighted by Gasteiger charge is -2.24. The Labute approximate surface area is 96.6 Å². The van der Waals surface area contributed by atoms with Gasteiger partial charge < -0.3 is 10.3 Å². The molecule has 4 nitrogen and oxygen atoms in total. The molecule has 0 aromatic carbocycles. The zero-order chi connectivity index (χ0) is 11.8. The average molecular weight is 223 g/mol. The van der Waals surface area contributed by atoms with E-state index in [1.807, 2.05) is 0 Å². The smallest absolute Gasteiger partial charge is 0.234 e.